The summed E-state index contributed by atoms with van der Waals surface area (Å²) in [7, 11) is 0. The van der Waals surface area contributed by atoms with Crippen LogP contribution >= 0.6 is 0 Å². The van der Waals surface area contributed by atoms with Crippen molar-refractivity contribution < 1.29 is 19.1 Å². The predicted octanol–water partition coefficient (Wildman–Crippen LogP) is 2.31. The maximum atomic E-state index is 10.8. The number of esters is 2. The summed E-state index contributed by atoms with van der Waals surface area (Å²) >= 11 is 0. The van der Waals surface area contributed by atoms with Gasteiger partial charge in [-0.05, 0) is 44.3 Å². The fourth-order valence-corrected chi connectivity index (χ4v) is 0.826. The zero-order valence-corrected chi connectivity index (χ0v) is 10.7. The fourth-order valence-electron chi connectivity index (χ4n) is 0.826. The number of hydrogen-bond acceptors (Lipinski definition) is 4. The molecule has 0 N–H and O–H groups in total. The van der Waals surface area contributed by atoms with E-state index in [9.17, 15) is 9.59 Å². The van der Waals surface area contributed by atoms with E-state index in [1.807, 2.05) is 0 Å². The van der Waals surface area contributed by atoms with Gasteiger partial charge in [0.15, 0.2) is 11.5 Å². The number of rotatable bonds is 2. The summed E-state index contributed by atoms with van der Waals surface area (Å²) < 4.78 is 9.73. The summed E-state index contributed by atoms with van der Waals surface area (Å²) in [5.41, 5.74) is 0.769. The third-order valence-electron chi connectivity index (χ3n) is 1.52. The first-order valence-electron chi connectivity index (χ1n) is 5.09. The SMILES string of the molecule is C/C=C(\C#CC(OC(C)=O)=C(C)C)OC(C)=O. The first-order valence-corrected chi connectivity index (χ1v) is 5.09. The van der Waals surface area contributed by atoms with Crippen LogP contribution in [0.15, 0.2) is 23.2 Å². The Balaban J connectivity index is 4.96. The minimum atomic E-state index is -0.446. The van der Waals surface area contributed by atoms with Crippen molar-refractivity contribution >= 4 is 11.9 Å². The van der Waals surface area contributed by atoms with E-state index < -0.39 is 11.9 Å². The number of carbonyl (C=O) groups is 2. The first kappa shape index (κ1) is 15.0. The van der Waals surface area contributed by atoms with Crippen molar-refractivity contribution in [2.75, 3.05) is 0 Å². The highest BCUT2D eigenvalue weighted by Crippen LogP contribution is 2.05. The van der Waals surface area contributed by atoms with Gasteiger partial charge in [0.05, 0.1) is 0 Å². The largest absolute Gasteiger partial charge is 0.418 e. The minimum absolute atomic E-state index is 0.225. The summed E-state index contributed by atoms with van der Waals surface area (Å²) in [5.74, 6) is 4.88. The maximum Gasteiger partial charge on any atom is 0.308 e. The lowest BCUT2D eigenvalue weighted by Gasteiger charge is -2.02. The van der Waals surface area contributed by atoms with Crippen LogP contribution < -0.4 is 0 Å². The van der Waals surface area contributed by atoms with Crippen molar-refractivity contribution in [3.63, 3.8) is 0 Å². The molecule has 0 saturated carbocycles. The zero-order valence-electron chi connectivity index (χ0n) is 10.7. The van der Waals surface area contributed by atoms with Gasteiger partial charge in [-0.15, -0.1) is 0 Å². The maximum absolute atomic E-state index is 10.8. The van der Waals surface area contributed by atoms with Crippen molar-refractivity contribution in [3.8, 4) is 11.8 Å². The van der Waals surface area contributed by atoms with Crippen LogP contribution in [0.25, 0.3) is 0 Å². The second kappa shape index (κ2) is 7.29. The van der Waals surface area contributed by atoms with Crippen molar-refractivity contribution in [2.24, 2.45) is 0 Å². The summed E-state index contributed by atoms with van der Waals surface area (Å²) in [6.07, 6.45) is 1.56. The Morgan fingerprint density at radius 3 is 1.82 bits per heavy atom. The van der Waals surface area contributed by atoms with Crippen LogP contribution in [0.2, 0.25) is 0 Å². The van der Waals surface area contributed by atoms with Crippen molar-refractivity contribution in [1.29, 1.82) is 0 Å². The number of carbonyl (C=O) groups excluding carboxylic acids is 2. The molecule has 0 unspecified atom stereocenters. The van der Waals surface area contributed by atoms with Crippen LogP contribution in [0, 0.1) is 11.8 Å². The quantitative estimate of drug-likeness (QED) is 0.419. The molecule has 92 valence electrons. The monoisotopic (exact) mass is 236 g/mol. The van der Waals surface area contributed by atoms with E-state index in [-0.39, 0.29) is 11.5 Å². The van der Waals surface area contributed by atoms with Crippen LogP contribution in [0.5, 0.6) is 0 Å². The highest BCUT2D eigenvalue weighted by Gasteiger charge is 2.02. The molecule has 0 aromatic carbocycles. The molecule has 0 bridgehead atoms. The number of ether oxygens (including phenoxy) is 2. The number of allylic oxidation sites excluding steroid dienone is 4. The minimum Gasteiger partial charge on any atom is -0.418 e. The van der Waals surface area contributed by atoms with Crippen LogP contribution in [-0.4, -0.2) is 11.9 Å². The molecule has 0 aliphatic carbocycles. The molecule has 0 aliphatic heterocycles. The lowest BCUT2D eigenvalue weighted by molar-refractivity contribution is -0.137. The Morgan fingerprint density at radius 1 is 0.941 bits per heavy atom. The Labute approximate surface area is 101 Å². The molecule has 4 heteroatoms. The van der Waals surface area contributed by atoms with Gasteiger partial charge >= 0.3 is 11.9 Å². The molecule has 0 amide bonds. The molecule has 0 fully saturated rings. The molecule has 0 heterocycles. The van der Waals surface area contributed by atoms with E-state index in [0.717, 1.165) is 5.57 Å². The van der Waals surface area contributed by atoms with E-state index in [4.69, 9.17) is 9.47 Å². The molecule has 0 radical (unpaired) electrons. The van der Waals surface area contributed by atoms with E-state index in [2.05, 4.69) is 11.8 Å². The average molecular weight is 236 g/mol. The Kier molecular flexibility index (Phi) is 6.42. The van der Waals surface area contributed by atoms with Crippen LogP contribution in [0.4, 0.5) is 0 Å². The van der Waals surface area contributed by atoms with Gasteiger partial charge in [-0.1, -0.05) is 0 Å². The molecule has 0 rings (SSSR count). The molecule has 0 spiro atoms. The molecular weight excluding hydrogens is 220 g/mol. The van der Waals surface area contributed by atoms with Gasteiger partial charge in [0.25, 0.3) is 0 Å². The van der Waals surface area contributed by atoms with Crippen LogP contribution in [0.1, 0.15) is 34.6 Å². The van der Waals surface area contributed by atoms with E-state index in [1.54, 1.807) is 26.8 Å². The summed E-state index contributed by atoms with van der Waals surface area (Å²) in [4.78, 5) is 21.6. The van der Waals surface area contributed by atoms with Gasteiger partial charge < -0.3 is 9.47 Å². The van der Waals surface area contributed by atoms with Gasteiger partial charge in [0.1, 0.15) is 0 Å². The van der Waals surface area contributed by atoms with Crippen LogP contribution in [-0.2, 0) is 19.1 Å². The van der Waals surface area contributed by atoms with Gasteiger partial charge in [-0.3, -0.25) is 9.59 Å². The lowest BCUT2D eigenvalue weighted by atomic mass is 10.3. The Hall–Kier alpha value is -2.02. The second-order valence-corrected chi connectivity index (χ2v) is 3.42. The topological polar surface area (TPSA) is 52.6 Å². The molecular formula is C13H16O4. The molecule has 0 atom stereocenters. The average Bonchev–Trinajstić information content (AvgIpc) is 2.20. The summed E-state index contributed by atoms with van der Waals surface area (Å²) in [6.45, 7) is 7.83. The van der Waals surface area contributed by atoms with Gasteiger partial charge in [-0.2, -0.15) is 0 Å². The zero-order chi connectivity index (χ0) is 13.4. The normalized spacial score (nSPS) is 9.82. The Morgan fingerprint density at radius 2 is 1.47 bits per heavy atom. The van der Waals surface area contributed by atoms with Gasteiger partial charge in [0, 0.05) is 13.8 Å². The van der Waals surface area contributed by atoms with Crippen molar-refractivity contribution in [3.05, 3.63) is 23.2 Å². The Bertz CT molecular complexity index is 426. The standard InChI is InChI=1S/C13H16O4/c1-6-12(16-10(4)14)7-8-13(9(2)3)17-11(5)15/h6H,1-5H3/b12-6+. The third-order valence-corrected chi connectivity index (χ3v) is 1.52. The van der Waals surface area contributed by atoms with Crippen molar-refractivity contribution in [1.82, 2.24) is 0 Å². The highest BCUT2D eigenvalue weighted by molar-refractivity contribution is 5.69. The summed E-state index contributed by atoms with van der Waals surface area (Å²) in [6, 6.07) is 0. The van der Waals surface area contributed by atoms with E-state index >= 15 is 0 Å². The van der Waals surface area contributed by atoms with Gasteiger partial charge in [-0.25, -0.2) is 0 Å². The molecule has 0 aromatic heterocycles. The van der Waals surface area contributed by atoms with Crippen LogP contribution in [0.3, 0.4) is 0 Å². The molecule has 17 heavy (non-hydrogen) atoms. The smallest absolute Gasteiger partial charge is 0.308 e. The molecule has 0 aromatic rings. The van der Waals surface area contributed by atoms with E-state index in [1.165, 1.54) is 13.8 Å². The molecule has 0 aliphatic rings. The van der Waals surface area contributed by atoms with Crippen molar-refractivity contribution in [2.45, 2.75) is 34.6 Å². The van der Waals surface area contributed by atoms with Gasteiger partial charge in [0.2, 0.25) is 0 Å². The number of hydrogen-bond donors (Lipinski definition) is 0. The first-order chi connectivity index (χ1) is 7.86. The second-order valence-electron chi connectivity index (χ2n) is 3.42. The predicted molar refractivity (Wildman–Crippen MR) is 63.4 cm³/mol. The van der Waals surface area contributed by atoms with E-state index in [0.29, 0.717) is 0 Å². The molecule has 0 saturated heterocycles. The molecule has 4 nitrogen and oxygen atoms in total. The fraction of sp³-hybridized carbons (Fsp3) is 0.385. The summed E-state index contributed by atoms with van der Waals surface area (Å²) in [5, 5.41) is 0. The highest BCUT2D eigenvalue weighted by atomic mass is 16.5. The third kappa shape index (κ3) is 6.96. The lowest BCUT2D eigenvalue weighted by Crippen LogP contribution is -2.00.